The summed E-state index contributed by atoms with van der Waals surface area (Å²) in [4.78, 5) is 33.9. The van der Waals surface area contributed by atoms with Gasteiger partial charge in [-0.2, -0.15) is 0 Å². The highest BCUT2D eigenvalue weighted by atomic mass is 16.5. The predicted octanol–water partition coefficient (Wildman–Crippen LogP) is 3.44. The molecule has 0 spiro atoms. The van der Waals surface area contributed by atoms with Crippen LogP contribution in [-0.4, -0.2) is 72.6 Å². The van der Waals surface area contributed by atoms with E-state index in [4.69, 9.17) is 9.47 Å². The second kappa shape index (κ2) is 11.2. The Morgan fingerprint density at radius 1 is 1.17 bits per heavy atom. The number of aromatic nitrogens is 1. The molecule has 4 rings (SSSR count). The van der Waals surface area contributed by atoms with Gasteiger partial charge in [0.15, 0.2) is 0 Å². The van der Waals surface area contributed by atoms with Crippen LogP contribution in [0.25, 0.3) is 0 Å². The quantitative estimate of drug-likeness (QED) is 0.706. The number of hydrogen-bond acceptors (Lipinski definition) is 6. The van der Waals surface area contributed by atoms with Crippen molar-refractivity contribution in [1.29, 1.82) is 0 Å². The fraction of sp³-hybridized carbons (Fsp3) is 0.519. The maximum absolute atomic E-state index is 13.5. The standard InChI is InChI=1S/C27H36N4O4/c1-18-14-31(15-20-9-11-28-12-10-20)19(2)17-35-24-8-7-22(29-26(32)21-5-6-21)13-23(24)27(33)30(3)16-25(18)34-4/h7-13,18-19,21,25H,5-6,14-17H2,1-4H3,(H,29,32)/t18-,19+,25+/m1/s1. The summed E-state index contributed by atoms with van der Waals surface area (Å²) in [5, 5.41) is 2.94. The van der Waals surface area contributed by atoms with Crippen LogP contribution in [0.2, 0.25) is 0 Å². The number of rotatable bonds is 5. The Balaban J connectivity index is 1.61. The van der Waals surface area contributed by atoms with Gasteiger partial charge in [0.2, 0.25) is 5.91 Å². The van der Waals surface area contributed by atoms with Crippen molar-refractivity contribution < 1.29 is 19.1 Å². The van der Waals surface area contributed by atoms with Crippen LogP contribution in [0, 0.1) is 11.8 Å². The third-order valence-corrected chi connectivity index (χ3v) is 6.92. The fourth-order valence-electron chi connectivity index (χ4n) is 4.46. The van der Waals surface area contributed by atoms with Gasteiger partial charge in [-0.25, -0.2) is 0 Å². The zero-order valence-corrected chi connectivity index (χ0v) is 21.1. The van der Waals surface area contributed by atoms with Crippen LogP contribution >= 0.6 is 0 Å². The molecule has 8 heteroatoms. The number of hydrogen-bond donors (Lipinski definition) is 1. The summed E-state index contributed by atoms with van der Waals surface area (Å²) in [6.07, 6.45) is 5.34. The summed E-state index contributed by atoms with van der Waals surface area (Å²) < 4.78 is 12.1. The fourth-order valence-corrected chi connectivity index (χ4v) is 4.46. The second-order valence-corrected chi connectivity index (χ2v) is 9.86. The molecule has 1 aliphatic carbocycles. The number of nitrogens with one attached hydrogen (secondary N) is 1. The molecule has 1 aromatic carbocycles. The molecule has 0 radical (unpaired) electrons. The third kappa shape index (κ3) is 6.38. The molecule has 2 heterocycles. The summed E-state index contributed by atoms with van der Waals surface area (Å²) in [5.74, 6) is 0.640. The zero-order valence-electron chi connectivity index (χ0n) is 21.1. The van der Waals surface area contributed by atoms with E-state index in [2.05, 4.69) is 29.0 Å². The maximum Gasteiger partial charge on any atom is 0.257 e. The van der Waals surface area contributed by atoms with E-state index < -0.39 is 0 Å². The highest BCUT2D eigenvalue weighted by molar-refractivity contribution is 6.00. The molecule has 1 saturated carbocycles. The average Bonchev–Trinajstić information content (AvgIpc) is 3.71. The van der Waals surface area contributed by atoms with E-state index in [1.807, 2.05) is 24.5 Å². The minimum Gasteiger partial charge on any atom is -0.491 e. The summed E-state index contributed by atoms with van der Waals surface area (Å²) in [7, 11) is 3.48. The second-order valence-electron chi connectivity index (χ2n) is 9.86. The summed E-state index contributed by atoms with van der Waals surface area (Å²) in [6.45, 7) is 6.73. The first-order chi connectivity index (χ1) is 16.9. The SMILES string of the molecule is CO[C@H]1CN(C)C(=O)c2cc(NC(=O)C3CC3)ccc2OC[C@H](C)N(Cc2ccncc2)C[C@H]1C. The van der Waals surface area contributed by atoms with E-state index in [1.54, 1.807) is 37.3 Å². The first-order valence-corrected chi connectivity index (χ1v) is 12.3. The minimum atomic E-state index is -0.154. The van der Waals surface area contributed by atoms with Crippen molar-refractivity contribution in [3.8, 4) is 5.75 Å². The van der Waals surface area contributed by atoms with Crippen LogP contribution in [0.3, 0.4) is 0 Å². The number of methoxy groups -OCH3 is 1. The molecule has 1 aromatic heterocycles. The molecule has 0 bridgehead atoms. The van der Waals surface area contributed by atoms with E-state index in [0.29, 0.717) is 30.2 Å². The minimum absolute atomic E-state index is 0.00785. The van der Waals surface area contributed by atoms with Crippen molar-refractivity contribution in [2.24, 2.45) is 11.8 Å². The highest BCUT2D eigenvalue weighted by Gasteiger charge is 2.31. The Kier molecular flexibility index (Phi) is 8.03. The maximum atomic E-state index is 13.5. The molecule has 8 nitrogen and oxygen atoms in total. The topological polar surface area (TPSA) is 84.0 Å². The molecule has 3 atom stereocenters. The number of anilines is 1. The van der Waals surface area contributed by atoms with Crippen molar-refractivity contribution >= 4 is 17.5 Å². The lowest BCUT2D eigenvalue weighted by Crippen LogP contribution is -2.46. The number of pyridine rings is 1. The number of amides is 2. The van der Waals surface area contributed by atoms with Crippen LogP contribution in [0.5, 0.6) is 5.75 Å². The van der Waals surface area contributed by atoms with Gasteiger partial charge >= 0.3 is 0 Å². The summed E-state index contributed by atoms with van der Waals surface area (Å²) in [5.41, 5.74) is 2.24. The van der Waals surface area contributed by atoms with E-state index in [1.165, 1.54) is 5.56 Å². The number of fused-ring (bicyclic) bond motifs is 1. The van der Waals surface area contributed by atoms with Crippen LogP contribution < -0.4 is 10.1 Å². The van der Waals surface area contributed by atoms with Crippen LogP contribution in [0.1, 0.15) is 42.6 Å². The predicted molar refractivity (Wildman–Crippen MR) is 134 cm³/mol. The summed E-state index contributed by atoms with van der Waals surface area (Å²) in [6, 6.07) is 9.47. The first-order valence-electron chi connectivity index (χ1n) is 12.3. The Bertz CT molecular complexity index is 1030. The van der Waals surface area contributed by atoms with Crippen molar-refractivity contribution in [1.82, 2.24) is 14.8 Å². The Labute approximate surface area is 207 Å². The monoisotopic (exact) mass is 480 g/mol. The molecule has 0 saturated heterocycles. The summed E-state index contributed by atoms with van der Waals surface area (Å²) >= 11 is 0. The lowest BCUT2D eigenvalue weighted by Gasteiger charge is -2.36. The Morgan fingerprint density at radius 3 is 2.60 bits per heavy atom. The average molecular weight is 481 g/mol. The number of likely N-dealkylation sites (N-methyl/N-ethyl adjacent to an activating group) is 1. The van der Waals surface area contributed by atoms with Gasteiger partial charge in [-0.15, -0.1) is 0 Å². The molecule has 2 amide bonds. The number of carbonyl (C=O) groups excluding carboxylic acids is 2. The molecule has 188 valence electrons. The molecule has 1 N–H and O–H groups in total. The van der Waals surface area contributed by atoms with Gasteiger partial charge in [0, 0.05) is 63.8 Å². The number of ether oxygens (including phenoxy) is 2. The molecule has 1 aliphatic heterocycles. The third-order valence-electron chi connectivity index (χ3n) is 6.92. The molecule has 2 aromatic rings. The number of carbonyl (C=O) groups is 2. The van der Waals surface area contributed by atoms with E-state index in [-0.39, 0.29) is 35.8 Å². The molecule has 1 fully saturated rings. The molecule has 2 aliphatic rings. The van der Waals surface area contributed by atoms with Crippen molar-refractivity contribution in [3.05, 3.63) is 53.9 Å². The van der Waals surface area contributed by atoms with Gasteiger partial charge in [-0.05, 0) is 61.6 Å². The van der Waals surface area contributed by atoms with Crippen LogP contribution in [0.4, 0.5) is 5.69 Å². The molecular formula is C27H36N4O4. The first kappa shape index (κ1) is 25.1. The lowest BCUT2D eigenvalue weighted by atomic mass is 10.0. The van der Waals surface area contributed by atoms with Gasteiger partial charge < -0.3 is 19.7 Å². The number of nitrogens with zero attached hydrogens (tertiary/aromatic N) is 3. The van der Waals surface area contributed by atoms with E-state index in [9.17, 15) is 9.59 Å². The molecule has 0 unspecified atom stereocenters. The van der Waals surface area contributed by atoms with Crippen molar-refractivity contribution in [3.63, 3.8) is 0 Å². The number of benzene rings is 1. The van der Waals surface area contributed by atoms with Crippen LogP contribution in [0.15, 0.2) is 42.7 Å². The van der Waals surface area contributed by atoms with E-state index >= 15 is 0 Å². The Morgan fingerprint density at radius 2 is 1.91 bits per heavy atom. The lowest BCUT2D eigenvalue weighted by molar-refractivity contribution is -0.117. The zero-order chi connectivity index (χ0) is 24.9. The van der Waals surface area contributed by atoms with Gasteiger partial charge in [-0.1, -0.05) is 6.92 Å². The smallest absolute Gasteiger partial charge is 0.257 e. The van der Waals surface area contributed by atoms with Crippen molar-refractivity contribution in [2.45, 2.75) is 45.4 Å². The molecular weight excluding hydrogens is 444 g/mol. The van der Waals surface area contributed by atoms with Gasteiger partial charge in [0.05, 0.1) is 11.7 Å². The van der Waals surface area contributed by atoms with Crippen molar-refractivity contribution in [2.75, 3.05) is 39.2 Å². The molecule has 35 heavy (non-hydrogen) atoms. The Hall–Kier alpha value is -2.97. The van der Waals surface area contributed by atoms with E-state index in [0.717, 1.165) is 25.9 Å². The van der Waals surface area contributed by atoms with Gasteiger partial charge in [0.25, 0.3) is 5.91 Å². The van der Waals surface area contributed by atoms with Gasteiger partial charge in [0.1, 0.15) is 12.4 Å². The largest absolute Gasteiger partial charge is 0.491 e. The highest BCUT2D eigenvalue weighted by Crippen LogP contribution is 2.31. The van der Waals surface area contributed by atoms with Crippen LogP contribution in [-0.2, 0) is 16.1 Å². The van der Waals surface area contributed by atoms with Gasteiger partial charge in [-0.3, -0.25) is 19.5 Å². The normalized spacial score (nSPS) is 24.1.